The summed E-state index contributed by atoms with van der Waals surface area (Å²) in [5.74, 6) is 0.142. The molecule has 1 aliphatic heterocycles. The number of aliphatic hydroxyl groups excluding tert-OH is 2. The largest absolute Gasteiger partial charge is 0.469 e. The molecular formula is C10H14K2N5O7P. The summed E-state index contributed by atoms with van der Waals surface area (Å²) in [6, 6.07) is 0. The Morgan fingerprint density at radius 1 is 1.24 bits per heavy atom. The van der Waals surface area contributed by atoms with E-state index in [4.69, 9.17) is 20.3 Å². The summed E-state index contributed by atoms with van der Waals surface area (Å²) in [7, 11) is -4.72. The fourth-order valence-electron chi connectivity index (χ4n) is 2.32. The number of aliphatic hydroxyl groups is 2. The van der Waals surface area contributed by atoms with Crippen LogP contribution in [0.4, 0.5) is 5.82 Å². The minimum atomic E-state index is -4.72. The number of nitrogen functional groups attached to an aromatic ring is 1. The van der Waals surface area contributed by atoms with E-state index in [1.165, 1.54) is 17.2 Å². The van der Waals surface area contributed by atoms with Crippen LogP contribution >= 0.6 is 7.82 Å². The number of anilines is 1. The number of phosphoric ester groups is 1. The summed E-state index contributed by atoms with van der Waals surface area (Å²) in [5, 5.41) is 20.1. The molecule has 0 bridgehead atoms. The predicted molar refractivity (Wildman–Crippen MR) is 85.2 cm³/mol. The van der Waals surface area contributed by atoms with Gasteiger partial charge in [-0.3, -0.25) is 9.09 Å². The van der Waals surface area contributed by atoms with E-state index in [0.29, 0.717) is 5.52 Å². The summed E-state index contributed by atoms with van der Waals surface area (Å²) in [6.07, 6.45) is -2.49. The molecule has 3 heterocycles. The maximum absolute atomic E-state index is 10.7. The molecule has 1 saturated heterocycles. The maximum atomic E-state index is 10.7. The number of rotatable bonds is 4. The van der Waals surface area contributed by atoms with E-state index in [1.807, 2.05) is 0 Å². The van der Waals surface area contributed by atoms with Crippen molar-refractivity contribution in [3.8, 4) is 0 Å². The van der Waals surface area contributed by atoms with E-state index >= 15 is 0 Å². The first kappa shape index (κ1) is 24.7. The molecule has 0 saturated carbocycles. The van der Waals surface area contributed by atoms with Gasteiger partial charge in [-0.1, -0.05) is 0 Å². The Labute approximate surface area is 226 Å². The molecule has 1 aliphatic rings. The molecule has 0 amide bonds. The molecule has 0 aliphatic carbocycles. The van der Waals surface area contributed by atoms with E-state index in [9.17, 15) is 14.8 Å². The molecule has 2 aromatic rings. The number of hydrogen-bond acceptors (Lipinski definition) is 9. The van der Waals surface area contributed by atoms with Crippen molar-refractivity contribution in [3.05, 3.63) is 12.7 Å². The SMILES string of the molecule is Nc1ncnc2c1ncn2[C@@H]1O[C@H](COP(=O)(O)O)[C@@H](O)[C@H]1O.[K].[K]. The molecule has 1 fully saturated rings. The Kier molecular flexibility index (Phi) is 9.75. The molecular weight excluding hydrogens is 411 g/mol. The average Bonchev–Trinajstić information content (AvgIpc) is 3.01. The number of fused-ring (bicyclic) bond motifs is 1. The van der Waals surface area contributed by atoms with Gasteiger partial charge in [0.15, 0.2) is 17.7 Å². The van der Waals surface area contributed by atoms with Crippen LogP contribution in [-0.2, 0) is 13.8 Å². The van der Waals surface area contributed by atoms with E-state index in [0.717, 1.165) is 0 Å². The van der Waals surface area contributed by atoms with Gasteiger partial charge in [0.2, 0.25) is 0 Å². The van der Waals surface area contributed by atoms with E-state index in [-0.39, 0.29) is 114 Å². The van der Waals surface area contributed by atoms with Crippen LogP contribution in [0.3, 0.4) is 0 Å². The van der Waals surface area contributed by atoms with Crippen LogP contribution in [0.15, 0.2) is 12.7 Å². The summed E-state index contributed by atoms with van der Waals surface area (Å²) < 4.78 is 21.8. The molecule has 0 aromatic carbocycles. The molecule has 3 rings (SSSR count). The van der Waals surface area contributed by atoms with Crippen LogP contribution < -0.4 is 5.73 Å². The zero-order chi connectivity index (χ0) is 16.8. The molecule has 0 spiro atoms. The number of nitrogens with two attached hydrogens (primary N) is 1. The minimum Gasteiger partial charge on any atom is -0.387 e. The summed E-state index contributed by atoms with van der Waals surface area (Å²) in [5.41, 5.74) is 6.25. The van der Waals surface area contributed by atoms with Crippen LogP contribution in [0.1, 0.15) is 6.23 Å². The molecule has 2 radical (unpaired) electrons. The first-order chi connectivity index (χ1) is 10.8. The Balaban J connectivity index is 0.00000156. The smallest absolute Gasteiger partial charge is 0.387 e. The molecule has 0 unspecified atom stereocenters. The van der Waals surface area contributed by atoms with Gasteiger partial charge in [0.25, 0.3) is 0 Å². The van der Waals surface area contributed by atoms with E-state index in [2.05, 4.69) is 19.5 Å². The minimum absolute atomic E-state index is 0. The predicted octanol–water partition coefficient (Wildman–Crippen LogP) is -2.62. The summed E-state index contributed by atoms with van der Waals surface area (Å²) in [4.78, 5) is 29.2. The third-order valence-corrected chi connectivity index (χ3v) is 3.89. The summed E-state index contributed by atoms with van der Waals surface area (Å²) >= 11 is 0. The van der Waals surface area contributed by atoms with Gasteiger partial charge >= 0.3 is 7.82 Å². The average molecular weight is 425 g/mol. The van der Waals surface area contributed by atoms with E-state index < -0.39 is 39.0 Å². The first-order valence-corrected chi connectivity index (χ1v) is 7.95. The van der Waals surface area contributed by atoms with Gasteiger partial charge in [-0.25, -0.2) is 19.5 Å². The number of phosphoric acid groups is 1. The van der Waals surface area contributed by atoms with Gasteiger partial charge in [-0.05, 0) is 0 Å². The first-order valence-electron chi connectivity index (χ1n) is 6.42. The quantitative estimate of drug-likeness (QED) is 0.255. The van der Waals surface area contributed by atoms with Crippen molar-refractivity contribution >= 4 is 128 Å². The van der Waals surface area contributed by atoms with Crippen LogP contribution in [0.2, 0.25) is 0 Å². The number of imidazole rings is 1. The molecule has 4 atom stereocenters. The van der Waals surface area contributed by atoms with Crippen molar-refractivity contribution in [2.24, 2.45) is 0 Å². The van der Waals surface area contributed by atoms with Crippen molar-refractivity contribution in [3.63, 3.8) is 0 Å². The standard InChI is InChI=1S/C10H14N5O7P.2K/c11-8-5-9(13-2-12-8)15(3-14-5)10-7(17)6(16)4(22-10)1-21-23(18,19)20;;/h2-4,6-7,10,16-17H,1H2,(H2,11,12,13)(H2,18,19,20);;/t4-,6-,7-,10-;;/m1../s1. The van der Waals surface area contributed by atoms with Crippen molar-refractivity contribution in [2.75, 3.05) is 12.3 Å². The maximum Gasteiger partial charge on any atom is 0.469 e. The molecule has 12 nitrogen and oxygen atoms in total. The van der Waals surface area contributed by atoms with Crippen molar-refractivity contribution in [1.29, 1.82) is 0 Å². The van der Waals surface area contributed by atoms with Crippen LogP contribution in [-0.4, -0.2) is 167 Å². The second-order valence-electron chi connectivity index (χ2n) is 4.92. The van der Waals surface area contributed by atoms with Gasteiger partial charge in [0.1, 0.15) is 30.2 Å². The summed E-state index contributed by atoms with van der Waals surface area (Å²) in [6.45, 7) is -0.594. The second-order valence-corrected chi connectivity index (χ2v) is 6.15. The van der Waals surface area contributed by atoms with Crippen LogP contribution in [0.25, 0.3) is 11.2 Å². The van der Waals surface area contributed by atoms with Crippen LogP contribution in [0.5, 0.6) is 0 Å². The molecule has 15 heteroatoms. The zero-order valence-corrected chi connectivity index (χ0v) is 20.6. The number of aromatic nitrogens is 4. The number of hydrogen-bond donors (Lipinski definition) is 5. The van der Waals surface area contributed by atoms with Gasteiger partial charge < -0.3 is 30.5 Å². The molecule has 6 N–H and O–H groups in total. The third-order valence-electron chi connectivity index (χ3n) is 3.41. The zero-order valence-electron chi connectivity index (χ0n) is 13.5. The fraction of sp³-hybridized carbons (Fsp3) is 0.500. The normalized spacial score (nSPS) is 26.2. The van der Waals surface area contributed by atoms with Crippen molar-refractivity contribution in [1.82, 2.24) is 19.5 Å². The van der Waals surface area contributed by atoms with Gasteiger partial charge in [0.05, 0.1) is 12.9 Å². The Morgan fingerprint density at radius 3 is 2.56 bits per heavy atom. The molecule has 25 heavy (non-hydrogen) atoms. The van der Waals surface area contributed by atoms with Gasteiger partial charge in [0, 0.05) is 103 Å². The molecule has 2 aromatic heterocycles. The van der Waals surface area contributed by atoms with Gasteiger partial charge in [-0.2, -0.15) is 0 Å². The van der Waals surface area contributed by atoms with Gasteiger partial charge in [-0.15, -0.1) is 0 Å². The second kappa shape index (κ2) is 9.89. The molecule has 128 valence electrons. The fourth-order valence-corrected chi connectivity index (χ4v) is 2.66. The monoisotopic (exact) mass is 425 g/mol. The third kappa shape index (κ3) is 5.57. The Morgan fingerprint density at radius 2 is 1.92 bits per heavy atom. The number of nitrogens with zero attached hydrogens (tertiary/aromatic N) is 4. The van der Waals surface area contributed by atoms with Crippen LogP contribution in [0, 0.1) is 0 Å². The van der Waals surface area contributed by atoms with Crippen molar-refractivity contribution in [2.45, 2.75) is 24.5 Å². The Bertz CT molecular complexity index is 773. The Hall–Kier alpha value is 1.61. The van der Waals surface area contributed by atoms with Crippen molar-refractivity contribution < 1.29 is 33.8 Å². The number of ether oxygens (including phenoxy) is 1. The topological polar surface area (TPSA) is 186 Å². The van der Waals surface area contributed by atoms with E-state index in [1.54, 1.807) is 0 Å².